The van der Waals surface area contributed by atoms with Crippen LogP contribution in [0.1, 0.15) is 36.5 Å². The van der Waals surface area contributed by atoms with E-state index in [1.807, 2.05) is 54.6 Å². The maximum Gasteiger partial charge on any atom is 0.260 e. The van der Waals surface area contributed by atoms with Crippen molar-refractivity contribution in [1.29, 1.82) is 5.41 Å². The van der Waals surface area contributed by atoms with Crippen molar-refractivity contribution in [2.75, 3.05) is 5.01 Å². The van der Waals surface area contributed by atoms with Gasteiger partial charge in [0.25, 0.3) is 5.56 Å². The number of aromatic hydroxyl groups is 1. The molecule has 6 heteroatoms. The van der Waals surface area contributed by atoms with Crippen molar-refractivity contribution < 1.29 is 5.11 Å². The van der Waals surface area contributed by atoms with Crippen molar-refractivity contribution >= 4 is 17.6 Å². The molecule has 0 atom stereocenters. The summed E-state index contributed by atoms with van der Waals surface area (Å²) < 4.78 is 0. The monoisotopic (exact) mass is 372 g/mol. The van der Waals surface area contributed by atoms with Crippen molar-refractivity contribution in [2.24, 2.45) is 5.10 Å². The van der Waals surface area contributed by atoms with Gasteiger partial charge < -0.3 is 5.11 Å². The first kappa shape index (κ1) is 17.7. The van der Waals surface area contributed by atoms with Crippen LogP contribution >= 0.6 is 0 Å². The Morgan fingerprint density at radius 2 is 1.79 bits per heavy atom. The molecule has 1 aliphatic rings. The fourth-order valence-corrected chi connectivity index (χ4v) is 3.21. The van der Waals surface area contributed by atoms with Crippen LogP contribution in [0.5, 0.6) is 5.88 Å². The maximum absolute atomic E-state index is 12.5. The molecule has 1 aliphatic heterocycles. The van der Waals surface area contributed by atoms with Crippen LogP contribution in [0.3, 0.4) is 0 Å². The fraction of sp³-hybridized carbons (Fsp3) is 0.136. The van der Waals surface area contributed by atoms with Gasteiger partial charge in [-0.15, -0.1) is 0 Å². The molecule has 0 radical (unpaired) electrons. The van der Waals surface area contributed by atoms with Gasteiger partial charge in [-0.3, -0.25) is 15.2 Å². The van der Waals surface area contributed by atoms with Crippen LogP contribution in [-0.2, 0) is 0 Å². The Kier molecular flexibility index (Phi) is 4.31. The third-order valence-electron chi connectivity index (χ3n) is 4.77. The molecule has 0 unspecified atom stereocenters. The summed E-state index contributed by atoms with van der Waals surface area (Å²) in [6.45, 7) is 4.25. The topological polar surface area (TPSA) is 92.5 Å². The molecule has 0 fully saturated rings. The summed E-state index contributed by atoms with van der Waals surface area (Å²) in [6.07, 6.45) is 1.73. The first-order valence-electron chi connectivity index (χ1n) is 9.05. The van der Waals surface area contributed by atoms with Crippen molar-refractivity contribution in [3.8, 4) is 5.88 Å². The summed E-state index contributed by atoms with van der Waals surface area (Å²) in [4.78, 5) is 15.0. The normalized spacial score (nSPS) is 13.8. The van der Waals surface area contributed by atoms with Gasteiger partial charge >= 0.3 is 0 Å². The van der Waals surface area contributed by atoms with E-state index >= 15 is 0 Å². The second kappa shape index (κ2) is 6.81. The van der Waals surface area contributed by atoms with E-state index in [1.54, 1.807) is 6.08 Å². The van der Waals surface area contributed by atoms with Gasteiger partial charge in [-0.25, -0.2) is 5.01 Å². The van der Waals surface area contributed by atoms with E-state index in [1.165, 1.54) is 10.6 Å². The summed E-state index contributed by atoms with van der Waals surface area (Å²) in [5.41, 5.74) is 2.51. The molecule has 0 amide bonds. The number of nitrogens with zero attached hydrogens (tertiary/aromatic N) is 2. The number of aromatic amines is 1. The number of hydrogen-bond acceptors (Lipinski definition) is 4. The molecule has 1 aromatic heterocycles. The van der Waals surface area contributed by atoms with Crippen molar-refractivity contribution in [3.63, 3.8) is 0 Å². The van der Waals surface area contributed by atoms with Gasteiger partial charge in [-0.05, 0) is 35.3 Å². The third kappa shape index (κ3) is 2.99. The lowest BCUT2D eigenvalue weighted by Crippen LogP contribution is -2.42. The number of fused-ring (bicyclic) bond motifs is 1. The van der Waals surface area contributed by atoms with Crippen LogP contribution in [0.4, 0.5) is 5.69 Å². The Morgan fingerprint density at radius 3 is 2.43 bits per heavy atom. The van der Waals surface area contributed by atoms with Gasteiger partial charge in [0.05, 0.1) is 10.9 Å². The molecule has 28 heavy (non-hydrogen) atoms. The van der Waals surface area contributed by atoms with E-state index < -0.39 is 5.56 Å². The highest BCUT2D eigenvalue weighted by Crippen LogP contribution is 2.21. The zero-order valence-corrected chi connectivity index (χ0v) is 15.6. The predicted molar refractivity (Wildman–Crippen MR) is 109 cm³/mol. The molecule has 4 rings (SSSR count). The number of para-hydroxylation sites is 1. The molecule has 6 nitrogen and oxygen atoms in total. The molecule has 2 aromatic carbocycles. The second-order valence-corrected chi connectivity index (χ2v) is 7.00. The summed E-state index contributed by atoms with van der Waals surface area (Å²) in [7, 11) is 0. The molecule has 0 aliphatic carbocycles. The first-order valence-corrected chi connectivity index (χ1v) is 9.05. The third-order valence-corrected chi connectivity index (χ3v) is 4.77. The number of aromatic nitrogens is 1. The van der Waals surface area contributed by atoms with Crippen molar-refractivity contribution in [2.45, 2.75) is 19.8 Å². The number of amidine groups is 1. The zero-order chi connectivity index (χ0) is 19.8. The molecular weight excluding hydrogens is 352 g/mol. The Labute approximate surface area is 161 Å². The summed E-state index contributed by atoms with van der Waals surface area (Å²) in [6, 6.07) is 17.1. The van der Waals surface area contributed by atoms with Crippen LogP contribution in [0.2, 0.25) is 0 Å². The SMILES string of the molecule is CC(C)c1ccc(/C=c2/c(=O)[nH]c(O)c3c2=NN(c2ccccc2)C3=N)cc1. The van der Waals surface area contributed by atoms with Gasteiger partial charge in [0.2, 0.25) is 5.88 Å². The van der Waals surface area contributed by atoms with E-state index in [0.717, 1.165) is 5.56 Å². The largest absolute Gasteiger partial charge is 0.494 e. The quantitative estimate of drug-likeness (QED) is 0.659. The van der Waals surface area contributed by atoms with E-state index in [-0.39, 0.29) is 17.3 Å². The summed E-state index contributed by atoms with van der Waals surface area (Å²) >= 11 is 0. The summed E-state index contributed by atoms with van der Waals surface area (Å²) in [5, 5.41) is 25.1. The molecule has 2 heterocycles. The molecule has 0 saturated carbocycles. The molecule has 3 aromatic rings. The first-order chi connectivity index (χ1) is 13.5. The van der Waals surface area contributed by atoms with Gasteiger partial charge in [0, 0.05) is 0 Å². The molecule has 0 bridgehead atoms. The number of H-pyrrole nitrogens is 1. The number of pyridine rings is 1. The van der Waals surface area contributed by atoms with E-state index in [4.69, 9.17) is 5.41 Å². The highest BCUT2D eigenvalue weighted by Gasteiger charge is 2.26. The number of rotatable bonds is 3. The van der Waals surface area contributed by atoms with Gasteiger partial charge in [0.1, 0.15) is 10.9 Å². The van der Waals surface area contributed by atoms with E-state index in [0.29, 0.717) is 22.2 Å². The average Bonchev–Trinajstić information content (AvgIpc) is 3.04. The lowest BCUT2D eigenvalue weighted by atomic mass is 10.0. The highest BCUT2D eigenvalue weighted by molar-refractivity contribution is 6.10. The van der Waals surface area contributed by atoms with Crippen LogP contribution < -0.4 is 21.1 Å². The molecule has 0 spiro atoms. The number of nitrogens with one attached hydrogen (secondary N) is 2. The Hall–Kier alpha value is -3.67. The molecule has 0 saturated heterocycles. The highest BCUT2D eigenvalue weighted by atomic mass is 16.3. The van der Waals surface area contributed by atoms with Crippen molar-refractivity contribution in [1.82, 2.24) is 4.98 Å². The Balaban J connectivity index is 1.91. The number of benzene rings is 2. The maximum atomic E-state index is 12.5. The average molecular weight is 372 g/mol. The van der Waals surface area contributed by atoms with Gasteiger partial charge in [-0.1, -0.05) is 56.3 Å². The minimum atomic E-state index is -0.448. The van der Waals surface area contributed by atoms with Gasteiger partial charge in [0.15, 0.2) is 5.84 Å². The smallest absolute Gasteiger partial charge is 0.260 e. The van der Waals surface area contributed by atoms with E-state index in [2.05, 4.69) is 23.9 Å². The van der Waals surface area contributed by atoms with Crippen LogP contribution in [-0.4, -0.2) is 15.9 Å². The minimum Gasteiger partial charge on any atom is -0.494 e. The van der Waals surface area contributed by atoms with Crippen LogP contribution in [0.25, 0.3) is 6.08 Å². The molecular formula is C22H20N4O2. The van der Waals surface area contributed by atoms with Crippen LogP contribution in [0, 0.1) is 5.41 Å². The predicted octanol–water partition coefficient (Wildman–Crippen LogP) is 2.41. The van der Waals surface area contributed by atoms with E-state index in [9.17, 15) is 9.90 Å². The van der Waals surface area contributed by atoms with Crippen LogP contribution in [0.15, 0.2) is 64.5 Å². The lowest BCUT2D eigenvalue weighted by molar-refractivity contribution is 0.449. The zero-order valence-electron chi connectivity index (χ0n) is 15.6. The van der Waals surface area contributed by atoms with Gasteiger partial charge in [-0.2, -0.15) is 5.10 Å². The number of hydrogen-bond donors (Lipinski definition) is 3. The second-order valence-electron chi connectivity index (χ2n) is 7.00. The minimum absolute atomic E-state index is 0.0137. The standard InChI is InChI=1S/C22H20N4O2/c1-13(2)15-10-8-14(9-11-15)12-17-19-18(22(28)24-21(17)27)20(23)26(25-19)16-6-4-3-5-7-16/h3-13,23,28H,1-2H3,(H,24,27)/b17-12+,23-20?. The fourth-order valence-electron chi connectivity index (χ4n) is 3.21. The number of anilines is 1. The lowest BCUT2D eigenvalue weighted by Gasteiger charge is -2.13. The summed E-state index contributed by atoms with van der Waals surface area (Å²) in [5.74, 6) is 0.0875. The molecule has 140 valence electrons. The Morgan fingerprint density at radius 1 is 1.11 bits per heavy atom. The van der Waals surface area contributed by atoms with Crippen molar-refractivity contribution in [3.05, 3.63) is 92.2 Å². The Bertz CT molecular complexity index is 1230. The molecule has 3 N–H and O–H groups in total.